The minimum atomic E-state index is -1.79. The maximum Gasteiger partial charge on any atom is 0.338 e. The predicted molar refractivity (Wildman–Crippen MR) is 137 cm³/mol. The molecule has 5 rings (SSSR count). The Balaban J connectivity index is 1.78. The van der Waals surface area contributed by atoms with Crippen LogP contribution in [-0.2, 0) is 23.8 Å². The van der Waals surface area contributed by atoms with Gasteiger partial charge in [-0.15, -0.1) is 0 Å². The molecular formula is C30H38O8. The van der Waals surface area contributed by atoms with Crippen LogP contribution in [-0.4, -0.2) is 64.6 Å². The van der Waals surface area contributed by atoms with E-state index in [0.29, 0.717) is 24.2 Å². The molecule has 0 amide bonds. The zero-order valence-corrected chi connectivity index (χ0v) is 22.9. The average Bonchev–Trinajstić information content (AvgIpc) is 2.84. The first-order valence-corrected chi connectivity index (χ1v) is 13.5. The van der Waals surface area contributed by atoms with E-state index in [1.807, 2.05) is 13.8 Å². The minimum Gasteiger partial charge on any atom is -0.455 e. The second-order valence-corrected chi connectivity index (χ2v) is 12.4. The number of carbonyl (C=O) groups is 3. The van der Waals surface area contributed by atoms with E-state index in [-0.39, 0.29) is 29.9 Å². The average molecular weight is 527 g/mol. The lowest BCUT2D eigenvalue weighted by Crippen LogP contribution is -2.74. The molecule has 4 aliphatic rings. The summed E-state index contributed by atoms with van der Waals surface area (Å²) in [5.74, 6) is -2.50. The number of esters is 2. The third-order valence-corrected chi connectivity index (χ3v) is 10.3. The summed E-state index contributed by atoms with van der Waals surface area (Å²) >= 11 is 0. The van der Waals surface area contributed by atoms with Gasteiger partial charge >= 0.3 is 11.9 Å². The Labute approximate surface area is 223 Å². The maximum absolute atomic E-state index is 14.4. The summed E-state index contributed by atoms with van der Waals surface area (Å²) in [5.41, 5.74) is -3.00. The van der Waals surface area contributed by atoms with Gasteiger partial charge in [0.1, 0.15) is 11.7 Å². The van der Waals surface area contributed by atoms with Crippen LogP contribution in [0.15, 0.2) is 41.5 Å². The molecule has 9 atom stereocenters. The van der Waals surface area contributed by atoms with E-state index in [1.54, 1.807) is 51.1 Å². The maximum atomic E-state index is 14.4. The second kappa shape index (κ2) is 9.00. The summed E-state index contributed by atoms with van der Waals surface area (Å²) in [6, 6.07) is 8.57. The van der Waals surface area contributed by atoms with Gasteiger partial charge in [0, 0.05) is 41.6 Å². The van der Waals surface area contributed by atoms with Gasteiger partial charge in [-0.3, -0.25) is 9.59 Å². The molecule has 1 saturated heterocycles. The summed E-state index contributed by atoms with van der Waals surface area (Å²) in [6.45, 7) is 10.7. The highest BCUT2D eigenvalue weighted by Gasteiger charge is 2.72. The Morgan fingerprint density at radius 3 is 2.34 bits per heavy atom. The van der Waals surface area contributed by atoms with Gasteiger partial charge in [-0.1, -0.05) is 45.9 Å². The largest absolute Gasteiger partial charge is 0.455 e. The molecule has 0 aromatic heterocycles. The van der Waals surface area contributed by atoms with Gasteiger partial charge in [0.05, 0.1) is 24.4 Å². The van der Waals surface area contributed by atoms with Crippen LogP contribution < -0.4 is 0 Å². The Morgan fingerprint density at radius 2 is 1.76 bits per heavy atom. The molecule has 2 bridgehead atoms. The Bertz CT molecular complexity index is 1190. The lowest BCUT2D eigenvalue weighted by molar-refractivity contribution is -0.283. The first kappa shape index (κ1) is 27.0. The summed E-state index contributed by atoms with van der Waals surface area (Å²) < 4.78 is 18.1. The number of rotatable bonds is 3. The Hall–Kier alpha value is -2.55. The zero-order chi connectivity index (χ0) is 27.8. The Kier molecular flexibility index (Phi) is 6.40. The van der Waals surface area contributed by atoms with Crippen LogP contribution in [0.2, 0.25) is 0 Å². The van der Waals surface area contributed by atoms with E-state index in [2.05, 4.69) is 0 Å². The van der Waals surface area contributed by atoms with Gasteiger partial charge in [-0.05, 0) is 37.0 Å². The lowest BCUT2D eigenvalue weighted by Gasteiger charge is -2.65. The Morgan fingerprint density at radius 1 is 1.11 bits per heavy atom. The van der Waals surface area contributed by atoms with Gasteiger partial charge in [-0.25, -0.2) is 4.79 Å². The molecule has 3 fully saturated rings. The number of Topliss-reactive ketones (excluding diaryl/α,β-unsaturated/α-hetero) is 1. The van der Waals surface area contributed by atoms with E-state index in [4.69, 9.17) is 14.2 Å². The molecule has 8 nitrogen and oxygen atoms in total. The predicted octanol–water partition coefficient (Wildman–Crippen LogP) is 3.24. The highest BCUT2D eigenvalue weighted by atomic mass is 16.6. The molecule has 0 radical (unpaired) electrons. The van der Waals surface area contributed by atoms with E-state index in [1.165, 1.54) is 6.92 Å². The van der Waals surface area contributed by atoms with E-state index < -0.39 is 58.4 Å². The summed E-state index contributed by atoms with van der Waals surface area (Å²) in [4.78, 5) is 40.4. The molecule has 38 heavy (non-hydrogen) atoms. The number of carbonyl (C=O) groups excluding carboxylic acids is 3. The van der Waals surface area contributed by atoms with Crippen molar-refractivity contribution in [3.05, 3.63) is 47.0 Å². The molecule has 0 spiro atoms. The number of hydrogen-bond acceptors (Lipinski definition) is 8. The number of benzene rings is 1. The van der Waals surface area contributed by atoms with Crippen molar-refractivity contribution in [3.63, 3.8) is 0 Å². The first-order valence-electron chi connectivity index (χ1n) is 13.5. The van der Waals surface area contributed by atoms with E-state index in [0.717, 1.165) is 0 Å². The number of aliphatic hydroxyl groups is 2. The number of hydrogen-bond donors (Lipinski definition) is 2. The fourth-order valence-corrected chi connectivity index (χ4v) is 7.84. The molecule has 1 aliphatic heterocycles. The summed E-state index contributed by atoms with van der Waals surface area (Å²) in [6.07, 6.45) is -3.03. The topological polar surface area (TPSA) is 119 Å². The highest BCUT2D eigenvalue weighted by molar-refractivity contribution is 6.03. The number of ether oxygens (including phenoxy) is 3. The van der Waals surface area contributed by atoms with E-state index >= 15 is 0 Å². The molecule has 2 N–H and O–H groups in total. The van der Waals surface area contributed by atoms with Gasteiger partial charge in [-0.2, -0.15) is 0 Å². The quantitative estimate of drug-likeness (QED) is 0.576. The first-order chi connectivity index (χ1) is 17.7. The monoisotopic (exact) mass is 526 g/mol. The van der Waals surface area contributed by atoms with Crippen LogP contribution >= 0.6 is 0 Å². The standard InChI is InChI=1S/C30H38O8/c1-15-12-21-19(14-36-21)23-25(38-27(34)18-10-8-7-9-11-18)30(35)13-20(32)16(2)22(28(30,4)5)24(33)26(29(15,23)6)37-17(3)31/h7-11,15,19-21,23,25-26,32,35H,12-14H2,1-6H3/t15-,19+,20-,21+,23?,25-,26+,29+,30+/m0/s1. The van der Waals surface area contributed by atoms with Crippen LogP contribution in [0.4, 0.5) is 0 Å². The smallest absolute Gasteiger partial charge is 0.338 e. The van der Waals surface area contributed by atoms with Crippen molar-refractivity contribution in [3.8, 4) is 0 Å². The van der Waals surface area contributed by atoms with Crippen molar-refractivity contribution in [2.75, 3.05) is 6.61 Å². The van der Waals surface area contributed by atoms with Crippen molar-refractivity contribution in [2.24, 2.45) is 28.6 Å². The third kappa shape index (κ3) is 3.63. The van der Waals surface area contributed by atoms with Crippen molar-refractivity contribution in [2.45, 2.75) is 84.4 Å². The molecule has 1 aromatic carbocycles. The SMILES string of the molecule is CC(=O)O[C@@H]1C(=O)C2=C(C)[C@@H](O)C[C@@](O)([C@@H](OC(=O)c3ccccc3)C3[C@@H]4CO[C@@H]4C[C@H](C)[C@]31C)C2(C)C. The number of aliphatic hydroxyl groups excluding tert-OH is 1. The van der Waals surface area contributed by atoms with Crippen LogP contribution in [0.1, 0.15) is 64.7 Å². The second-order valence-electron chi connectivity index (χ2n) is 12.4. The molecule has 1 aromatic rings. The van der Waals surface area contributed by atoms with Crippen LogP contribution in [0.5, 0.6) is 0 Å². The fraction of sp³-hybridized carbons (Fsp3) is 0.633. The van der Waals surface area contributed by atoms with Crippen molar-refractivity contribution in [1.29, 1.82) is 0 Å². The van der Waals surface area contributed by atoms with E-state index in [9.17, 15) is 24.6 Å². The molecule has 2 saturated carbocycles. The molecular weight excluding hydrogens is 488 g/mol. The van der Waals surface area contributed by atoms with Crippen LogP contribution in [0, 0.1) is 28.6 Å². The zero-order valence-electron chi connectivity index (χ0n) is 22.9. The summed E-state index contributed by atoms with van der Waals surface area (Å²) in [5, 5.41) is 23.8. The van der Waals surface area contributed by atoms with Crippen LogP contribution in [0.3, 0.4) is 0 Å². The van der Waals surface area contributed by atoms with Gasteiger partial charge in [0.25, 0.3) is 0 Å². The normalized spacial score (nSPS) is 41.6. The third-order valence-electron chi connectivity index (χ3n) is 10.3. The van der Waals surface area contributed by atoms with Crippen molar-refractivity contribution >= 4 is 17.7 Å². The lowest BCUT2D eigenvalue weighted by atomic mass is 9.44. The minimum absolute atomic E-state index is 0.104. The van der Waals surface area contributed by atoms with Gasteiger partial charge in [0.2, 0.25) is 5.78 Å². The summed E-state index contributed by atoms with van der Waals surface area (Å²) in [7, 11) is 0. The fourth-order valence-electron chi connectivity index (χ4n) is 7.84. The highest BCUT2D eigenvalue weighted by Crippen LogP contribution is 2.64. The molecule has 1 heterocycles. The number of ketones is 1. The molecule has 206 valence electrons. The van der Waals surface area contributed by atoms with Gasteiger partial charge < -0.3 is 24.4 Å². The van der Waals surface area contributed by atoms with Crippen molar-refractivity contribution in [1.82, 2.24) is 0 Å². The molecule has 1 unspecified atom stereocenters. The van der Waals surface area contributed by atoms with Crippen molar-refractivity contribution < 1.29 is 38.8 Å². The molecule has 3 aliphatic carbocycles. The van der Waals surface area contributed by atoms with Gasteiger partial charge in [0.15, 0.2) is 6.10 Å². The molecule has 8 heteroatoms. The number of fused-ring (bicyclic) bond motifs is 5. The van der Waals surface area contributed by atoms with Crippen LogP contribution in [0.25, 0.3) is 0 Å².